The van der Waals surface area contributed by atoms with Gasteiger partial charge in [0, 0.05) is 12.6 Å². The molecule has 0 spiro atoms. The number of nitrogens with one attached hydrogen (secondary N) is 1. The van der Waals surface area contributed by atoms with Gasteiger partial charge in [-0.3, -0.25) is 4.90 Å². The highest BCUT2D eigenvalue weighted by Crippen LogP contribution is 2.18. The van der Waals surface area contributed by atoms with E-state index in [4.69, 9.17) is 0 Å². The quantitative estimate of drug-likeness (QED) is 0.827. The molecule has 1 N–H and O–H groups in total. The number of rotatable bonds is 4. The zero-order valence-corrected chi connectivity index (χ0v) is 10.7. The van der Waals surface area contributed by atoms with Gasteiger partial charge in [-0.1, -0.05) is 6.92 Å². The first-order chi connectivity index (χ1) is 7.88. The summed E-state index contributed by atoms with van der Waals surface area (Å²) in [5, 5.41) is 2.49. The van der Waals surface area contributed by atoms with E-state index >= 15 is 0 Å². The van der Waals surface area contributed by atoms with E-state index in [1.54, 1.807) is 0 Å². The van der Waals surface area contributed by atoms with E-state index in [-0.39, 0.29) is 6.04 Å². The van der Waals surface area contributed by atoms with Crippen LogP contribution in [0.1, 0.15) is 33.1 Å². The summed E-state index contributed by atoms with van der Waals surface area (Å²) < 4.78 is 36.0. The van der Waals surface area contributed by atoms with Crippen molar-refractivity contribution < 1.29 is 13.2 Å². The maximum atomic E-state index is 12.0. The molecule has 5 heteroatoms. The van der Waals surface area contributed by atoms with Gasteiger partial charge < -0.3 is 5.32 Å². The number of hydrogen-bond acceptors (Lipinski definition) is 2. The fourth-order valence-electron chi connectivity index (χ4n) is 2.28. The highest BCUT2D eigenvalue weighted by atomic mass is 19.4. The van der Waals surface area contributed by atoms with Crippen LogP contribution in [0.2, 0.25) is 0 Å². The molecule has 102 valence electrons. The molecule has 1 heterocycles. The van der Waals surface area contributed by atoms with E-state index in [1.807, 2.05) is 6.92 Å². The summed E-state index contributed by atoms with van der Waals surface area (Å²) in [7, 11) is 0. The van der Waals surface area contributed by atoms with Crippen molar-refractivity contribution in [3.63, 3.8) is 0 Å². The molecule has 0 saturated carbocycles. The maximum Gasteiger partial charge on any atom is 0.401 e. The van der Waals surface area contributed by atoms with Gasteiger partial charge >= 0.3 is 6.18 Å². The third-order valence-corrected chi connectivity index (χ3v) is 3.44. The molecule has 2 atom stereocenters. The third-order valence-electron chi connectivity index (χ3n) is 3.44. The van der Waals surface area contributed by atoms with E-state index in [2.05, 4.69) is 17.1 Å². The molecule has 1 aliphatic heterocycles. The lowest BCUT2D eigenvalue weighted by Crippen LogP contribution is -2.43. The van der Waals surface area contributed by atoms with Crippen LogP contribution in [0.3, 0.4) is 0 Å². The van der Waals surface area contributed by atoms with Crippen LogP contribution in [0.4, 0.5) is 13.2 Å². The van der Waals surface area contributed by atoms with Crippen LogP contribution in [0, 0.1) is 5.92 Å². The average Bonchev–Trinajstić information content (AvgIpc) is 2.41. The number of likely N-dealkylation sites (tertiary alicyclic amines) is 1. The molecule has 0 aromatic heterocycles. The van der Waals surface area contributed by atoms with Gasteiger partial charge in [0.2, 0.25) is 0 Å². The second-order valence-electron chi connectivity index (χ2n) is 5.17. The summed E-state index contributed by atoms with van der Waals surface area (Å²) in [5.74, 6) is 0.746. The van der Waals surface area contributed by atoms with Crippen LogP contribution in [-0.2, 0) is 0 Å². The van der Waals surface area contributed by atoms with E-state index in [0.717, 1.165) is 31.8 Å². The zero-order chi connectivity index (χ0) is 12.9. The number of halogens is 3. The standard InChI is InChI=1S/C12H23F3N2/c1-10-4-3-6-17(7-5-10)11(2)8-16-9-12(13,14)15/h10-11,16H,3-9H2,1-2H3. The topological polar surface area (TPSA) is 15.3 Å². The summed E-state index contributed by atoms with van der Waals surface area (Å²) >= 11 is 0. The Hall–Kier alpha value is -0.290. The van der Waals surface area contributed by atoms with Gasteiger partial charge in [-0.25, -0.2) is 0 Å². The molecule has 0 amide bonds. The maximum absolute atomic E-state index is 12.0. The fourth-order valence-corrected chi connectivity index (χ4v) is 2.28. The smallest absolute Gasteiger partial charge is 0.307 e. The largest absolute Gasteiger partial charge is 0.401 e. The highest BCUT2D eigenvalue weighted by Gasteiger charge is 2.27. The molecular formula is C12H23F3N2. The van der Waals surface area contributed by atoms with Crippen LogP contribution < -0.4 is 5.32 Å². The Morgan fingerprint density at radius 3 is 2.65 bits per heavy atom. The Bertz CT molecular complexity index is 218. The minimum atomic E-state index is -4.10. The van der Waals surface area contributed by atoms with E-state index in [9.17, 15) is 13.2 Å². The molecule has 0 radical (unpaired) electrons. The van der Waals surface area contributed by atoms with Crippen molar-refractivity contribution in [3.8, 4) is 0 Å². The lowest BCUT2D eigenvalue weighted by molar-refractivity contribution is -0.125. The van der Waals surface area contributed by atoms with Gasteiger partial charge in [-0.15, -0.1) is 0 Å². The second kappa shape index (κ2) is 6.59. The van der Waals surface area contributed by atoms with Crippen molar-refractivity contribution in [1.82, 2.24) is 10.2 Å². The molecule has 0 aromatic carbocycles. The Balaban J connectivity index is 2.24. The van der Waals surface area contributed by atoms with Gasteiger partial charge in [0.05, 0.1) is 6.54 Å². The number of nitrogens with zero attached hydrogens (tertiary/aromatic N) is 1. The molecule has 1 saturated heterocycles. The lowest BCUT2D eigenvalue weighted by Gasteiger charge is -2.28. The zero-order valence-electron chi connectivity index (χ0n) is 10.7. The van der Waals surface area contributed by atoms with Crippen molar-refractivity contribution in [3.05, 3.63) is 0 Å². The minimum absolute atomic E-state index is 0.183. The van der Waals surface area contributed by atoms with Gasteiger partial charge in [-0.05, 0) is 45.2 Å². The minimum Gasteiger partial charge on any atom is -0.307 e. The molecule has 2 unspecified atom stereocenters. The highest BCUT2D eigenvalue weighted by molar-refractivity contribution is 4.74. The second-order valence-corrected chi connectivity index (χ2v) is 5.17. The van der Waals surface area contributed by atoms with Gasteiger partial charge in [0.25, 0.3) is 0 Å². The first kappa shape index (κ1) is 14.8. The lowest BCUT2D eigenvalue weighted by atomic mass is 10.0. The Kier molecular flexibility index (Phi) is 5.73. The number of alkyl halides is 3. The van der Waals surface area contributed by atoms with Crippen LogP contribution in [0.25, 0.3) is 0 Å². The van der Waals surface area contributed by atoms with Gasteiger partial charge in [0.15, 0.2) is 0 Å². The molecular weight excluding hydrogens is 229 g/mol. The molecule has 1 rings (SSSR count). The summed E-state index contributed by atoms with van der Waals surface area (Å²) in [6.45, 7) is 5.79. The summed E-state index contributed by atoms with van der Waals surface area (Å²) in [6, 6.07) is 0.183. The first-order valence-corrected chi connectivity index (χ1v) is 6.40. The monoisotopic (exact) mass is 252 g/mol. The molecule has 1 aliphatic rings. The van der Waals surface area contributed by atoms with E-state index in [0.29, 0.717) is 6.54 Å². The fraction of sp³-hybridized carbons (Fsp3) is 1.00. The third kappa shape index (κ3) is 6.27. The number of hydrogen-bond donors (Lipinski definition) is 1. The van der Waals surface area contributed by atoms with Gasteiger partial charge in [-0.2, -0.15) is 13.2 Å². The van der Waals surface area contributed by atoms with Crippen molar-refractivity contribution in [2.24, 2.45) is 5.92 Å². The molecule has 0 bridgehead atoms. The van der Waals surface area contributed by atoms with Crippen molar-refractivity contribution in [2.45, 2.75) is 45.3 Å². The first-order valence-electron chi connectivity index (χ1n) is 6.40. The Morgan fingerprint density at radius 2 is 2.00 bits per heavy atom. The molecule has 1 fully saturated rings. The van der Waals surface area contributed by atoms with Gasteiger partial charge in [0.1, 0.15) is 0 Å². The predicted octanol–water partition coefficient (Wildman–Crippen LogP) is 2.65. The summed E-state index contributed by atoms with van der Waals surface area (Å²) in [5.41, 5.74) is 0. The van der Waals surface area contributed by atoms with Crippen LogP contribution in [-0.4, -0.2) is 43.3 Å². The predicted molar refractivity (Wildman–Crippen MR) is 63.0 cm³/mol. The Labute approximate surface area is 102 Å². The SMILES string of the molecule is CC1CCCN(C(C)CNCC(F)(F)F)CC1. The molecule has 17 heavy (non-hydrogen) atoms. The van der Waals surface area contributed by atoms with E-state index in [1.165, 1.54) is 6.42 Å². The average molecular weight is 252 g/mol. The normalized spacial score (nSPS) is 25.6. The Morgan fingerprint density at radius 1 is 1.29 bits per heavy atom. The van der Waals surface area contributed by atoms with Crippen LogP contribution in [0.5, 0.6) is 0 Å². The summed E-state index contributed by atoms with van der Waals surface area (Å²) in [6.07, 6.45) is -0.555. The van der Waals surface area contributed by atoms with Crippen LogP contribution >= 0.6 is 0 Å². The molecule has 2 nitrogen and oxygen atoms in total. The molecule has 0 aliphatic carbocycles. The van der Waals surface area contributed by atoms with Crippen molar-refractivity contribution >= 4 is 0 Å². The summed E-state index contributed by atoms with van der Waals surface area (Å²) in [4.78, 5) is 2.30. The van der Waals surface area contributed by atoms with Crippen molar-refractivity contribution in [1.29, 1.82) is 0 Å². The van der Waals surface area contributed by atoms with E-state index < -0.39 is 12.7 Å². The van der Waals surface area contributed by atoms with Crippen molar-refractivity contribution in [2.75, 3.05) is 26.2 Å². The van der Waals surface area contributed by atoms with Crippen LogP contribution in [0.15, 0.2) is 0 Å². The molecule has 0 aromatic rings.